The van der Waals surface area contributed by atoms with Gasteiger partial charge in [-0.2, -0.15) is 13.2 Å². The largest absolute Gasteiger partial charge is 0.433 e. The van der Waals surface area contributed by atoms with Crippen molar-refractivity contribution >= 4 is 61.7 Å². The van der Waals surface area contributed by atoms with E-state index >= 15 is 0 Å². The van der Waals surface area contributed by atoms with Gasteiger partial charge in [0.25, 0.3) is 5.91 Å². The van der Waals surface area contributed by atoms with Crippen molar-refractivity contribution < 1.29 is 32.7 Å². The Labute approximate surface area is 385 Å². The number of hydrogen-bond donors (Lipinski definition) is 3. The number of fused-ring (bicyclic) bond motifs is 2. The van der Waals surface area contributed by atoms with Crippen LogP contribution < -0.4 is 21.2 Å². The molecule has 13 nitrogen and oxygen atoms in total. The maximum Gasteiger partial charge on any atom is 0.433 e. The van der Waals surface area contributed by atoms with Gasteiger partial charge in [-0.05, 0) is 145 Å². The zero-order chi connectivity index (χ0) is 46.9. The summed E-state index contributed by atoms with van der Waals surface area (Å²) >= 11 is 1.56. The Morgan fingerprint density at radius 2 is 1.65 bits per heavy atom. The molecule has 1 unspecified atom stereocenters. The molecule has 4 fully saturated rings. The molecular formula is C49H59F3N8O5S. The molecule has 0 radical (unpaired) electrons. The summed E-state index contributed by atoms with van der Waals surface area (Å²) in [6.07, 6.45) is 7.44. The van der Waals surface area contributed by atoms with Crippen molar-refractivity contribution in [2.45, 2.75) is 121 Å². The van der Waals surface area contributed by atoms with Gasteiger partial charge >= 0.3 is 11.9 Å². The summed E-state index contributed by atoms with van der Waals surface area (Å²) in [6.45, 7) is 5.17. The lowest BCUT2D eigenvalue weighted by atomic mass is 9.55. The summed E-state index contributed by atoms with van der Waals surface area (Å²) in [4.78, 5) is 64.6. The van der Waals surface area contributed by atoms with Gasteiger partial charge in [0.1, 0.15) is 17.4 Å². The Kier molecular flexibility index (Phi) is 12.2. The maximum absolute atomic E-state index is 13.5. The molecule has 3 aromatic heterocycles. The second kappa shape index (κ2) is 17.5. The third-order valence-electron chi connectivity index (χ3n) is 15.1. The fraction of sp³-hybridized carbons (Fsp3) is 0.551. The maximum atomic E-state index is 13.5. The third kappa shape index (κ3) is 9.02. The van der Waals surface area contributed by atoms with Gasteiger partial charge in [0.15, 0.2) is 0 Å². The summed E-state index contributed by atoms with van der Waals surface area (Å²) in [5.41, 5.74) is 1.19. The number of anilines is 2. The number of aryl methyl sites for hydroxylation is 1. The van der Waals surface area contributed by atoms with Gasteiger partial charge in [-0.15, -0.1) is 11.3 Å². The van der Waals surface area contributed by atoms with Crippen LogP contribution in [0.4, 0.5) is 24.5 Å². The van der Waals surface area contributed by atoms with E-state index in [1.165, 1.54) is 44.6 Å². The van der Waals surface area contributed by atoms with E-state index in [4.69, 9.17) is 4.98 Å². The van der Waals surface area contributed by atoms with Crippen LogP contribution in [-0.2, 0) is 28.4 Å². The molecule has 5 aromatic rings. The molecule has 17 heteroatoms. The first-order chi connectivity index (χ1) is 31.3. The van der Waals surface area contributed by atoms with Gasteiger partial charge in [0.05, 0.1) is 37.5 Å². The standard InChI is InChI=1S/C49H59F3N8O5S/c1-47(2,65)32-22-35-39(23-34(32)54-43(62)33-8-6-11-40(53-33)49(50,51)52)66-45(55-35)30-14-12-28(13-15-30)26-57(3)31-18-20-48(21-19-31)24-29(25-48)27-58(4)36-9-7-10-37-42(36)59(5)46(64)60(37)38-16-17-41(61)56-44(38)63/h6-11,22-23,28-31,38,65H,12-21,24-27H2,1-5H3,(H,54,62)(H,56,61,63)/t28-,29-,30-,31-,38?,48?. The predicted octanol–water partition coefficient (Wildman–Crippen LogP) is 8.50. The van der Waals surface area contributed by atoms with E-state index in [1.807, 2.05) is 18.2 Å². The average molecular weight is 929 g/mol. The van der Waals surface area contributed by atoms with Crippen molar-refractivity contribution in [1.82, 2.24) is 29.3 Å². The van der Waals surface area contributed by atoms with Gasteiger partial charge in [-0.3, -0.25) is 28.8 Å². The molecule has 3 aliphatic carbocycles. The van der Waals surface area contributed by atoms with Crippen LogP contribution in [0, 0.1) is 17.3 Å². The number of imidazole rings is 1. The minimum atomic E-state index is -4.69. The first-order valence-corrected chi connectivity index (χ1v) is 24.1. The molecule has 352 valence electrons. The molecular weight excluding hydrogens is 870 g/mol. The number of hydrogen-bond acceptors (Lipinski definition) is 10. The van der Waals surface area contributed by atoms with E-state index in [2.05, 4.69) is 39.5 Å². The van der Waals surface area contributed by atoms with Crippen molar-refractivity contribution in [3.8, 4) is 0 Å². The van der Waals surface area contributed by atoms with Gasteiger partial charge in [0, 0.05) is 56.8 Å². The second-order valence-electron chi connectivity index (χ2n) is 20.2. The summed E-state index contributed by atoms with van der Waals surface area (Å²) in [6, 6.07) is 12.5. The van der Waals surface area contributed by atoms with Crippen molar-refractivity contribution in [3.63, 3.8) is 0 Å². The van der Waals surface area contributed by atoms with E-state index in [0.717, 1.165) is 71.8 Å². The van der Waals surface area contributed by atoms with Gasteiger partial charge in [-0.25, -0.2) is 14.8 Å². The first kappa shape index (κ1) is 46.0. The number of nitrogens with one attached hydrogen (secondary N) is 2. The summed E-state index contributed by atoms with van der Waals surface area (Å²) in [5.74, 6) is -0.0444. The topological polar surface area (TPSA) is 155 Å². The number of halogens is 3. The van der Waals surface area contributed by atoms with Crippen molar-refractivity contribution in [2.75, 3.05) is 37.4 Å². The molecule has 66 heavy (non-hydrogen) atoms. The fourth-order valence-electron chi connectivity index (χ4n) is 11.6. The highest BCUT2D eigenvalue weighted by Gasteiger charge is 2.47. The smallest absolute Gasteiger partial charge is 0.386 e. The number of carbonyl (C=O) groups is 3. The Morgan fingerprint density at radius 3 is 2.33 bits per heavy atom. The number of aliphatic hydroxyl groups is 1. The minimum absolute atomic E-state index is 0.208. The monoisotopic (exact) mass is 928 g/mol. The molecule has 1 spiro atoms. The van der Waals surface area contributed by atoms with Gasteiger partial charge < -0.3 is 20.2 Å². The molecule has 4 aliphatic rings. The molecule has 9 rings (SSSR count). The predicted molar refractivity (Wildman–Crippen MR) is 249 cm³/mol. The van der Waals surface area contributed by atoms with Crippen LogP contribution in [0.2, 0.25) is 0 Å². The number of rotatable bonds is 11. The number of nitrogens with zero attached hydrogens (tertiary/aromatic N) is 6. The Balaban J connectivity index is 0.761. The molecule has 1 saturated heterocycles. The molecule has 3 amide bonds. The lowest BCUT2D eigenvalue weighted by molar-refractivity contribution is -0.141. The SMILES string of the molecule is CN(C[C@H]1CC2(CC[C@@H](N(C)C[C@H]3CC[C@H](c4nc5cc(C(C)(C)O)c(NC(=O)c6cccc(C(F)(F)F)n6)cc5s4)CC3)CC2)C1)c1cccc2c1n(C)c(=O)n2C1CCC(=O)NC1=O. The molecule has 2 aromatic carbocycles. The van der Waals surface area contributed by atoms with Crippen LogP contribution in [0.5, 0.6) is 0 Å². The quantitative estimate of drug-likeness (QED) is 0.111. The highest BCUT2D eigenvalue weighted by atomic mass is 32.1. The minimum Gasteiger partial charge on any atom is -0.386 e. The number of piperidine rings is 1. The second-order valence-corrected chi connectivity index (χ2v) is 21.3. The van der Waals surface area contributed by atoms with Crippen molar-refractivity contribution in [3.05, 3.63) is 81.0 Å². The van der Waals surface area contributed by atoms with Crippen LogP contribution in [0.3, 0.4) is 0 Å². The highest BCUT2D eigenvalue weighted by Crippen LogP contribution is 2.55. The van der Waals surface area contributed by atoms with Crippen LogP contribution in [0.15, 0.2) is 53.3 Å². The van der Waals surface area contributed by atoms with E-state index in [-0.39, 0.29) is 23.7 Å². The average Bonchev–Trinajstić information content (AvgIpc) is 3.79. The molecule has 0 bridgehead atoms. The van der Waals surface area contributed by atoms with E-state index < -0.39 is 35.3 Å². The Bertz CT molecular complexity index is 2730. The molecule has 4 heterocycles. The first-order valence-electron chi connectivity index (χ1n) is 23.2. The van der Waals surface area contributed by atoms with Gasteiger partial charge in [-0.1, -0.05) is 12.1 Å². The highest BCUT2D eigenvalue weighted by molar-refractivity contribution is 7.18. The number of aromatic nitrogens is 4. The molecule has 3 N–H and O–H groups in total. The lowest BCUT2D eigenvalue weighted by Gasteiger charge is -2.53. The van der Waals surface area contributed by atoms with E-state index in [9.17, 15) is 37.5 Å². The summed E-state index contributed by atoms with van der Waals surface area (Å²) in [5, 5.41) is 17.2. The van der Waals surface area contributed by atoms with Crippen LogP contribution in [0.1, 0.15) is 130 Å². The van der Waals surface area contributed by atoms with E-state index in [1.54, 1.807) is 53.5 Å². The van der Waals surface area contributed by atoms with E-state index in [0.29, 0.717) is 57.9 Å². The molecule has 3 saturated carbocycles. The number of alkyl halides is 3. The van der Waals surface area contributed by atoms with Crippen molar-refractivity contribution in [2.24, 2.45) is 24.3 Å². The number of benzene rings is 2. The lowest BCUT2D eigenvalue weighted by Crippen LogP contribution is -2.48. The summed E-state index contributed by atoms with van der Waals surface area (Å²) in [7, 11) is 6.14. The number of para-hydroxylation sites is 1. The zero-order valence-electron chi connectivity index (χ0n) is 38.2. The molecule has 1 atom stereocenters. The number of amides is 3. The third-order valence-corrected chi connectivity index (χ3v) is 16.3. The molecule has 1 aliphatic heterocycles. The number of thiazole rings is 1. The summed E-state index contributed by atoms with van der Waals surface area (Å²) < 4.78 is 43.9. The fourth-order valence-corrected chi connectivity index (χ4v) is 12.8. The van der Waals surface area contributed by atoms with Crippen LogP contribution >= 0.6 is 11.3 Å². The van der Waals surface area contributed by atoms with Gasteiger partial charge in [0.2, 0.25) is 11.8 Å². The number of imide groups is 1. The van der Waals surface area contributed by atoms with Crippen LogP contribution in [0.25, 0.3) is 21.3 Å². The number of carbonyl (C=O) groups excluding carboxylic acids is 3. The normalized spacial score (nSPS) is 25.1. The zero-order valence-corrected chi connectivity index (χ0v) is 39.0. The number of pyridine rings is 1. The van der Waals surface area contributed by atoms with Crippen molar-refractivity contribution in [1.29, 1.82) is 0 Å². The Hall–Kier alpha value is -5.13. The Morgan fingerprint density at radius 1 is 0.939 bits per heavy atom. The van der Waals surface area contributed by atoms with Crippen LogP contribution in [-0.4, -0.2) is 80.1 Å².